The van der Waals surface area contributed by atoms with E-state index >= 15 is 0 Å². The molecule has 1 aliphatic heterocycles. The van der Waals surface area contributed by atoms with Crippen LogP contribution in [0.2, 0.25) is 0 Å². The van der Waals surface area contributed by atoms with Crippen LogP contribution >= 0.6 is 0 Å². The molecular weight excluding hydrogens is 378 g/mol. The first kappa shape index (κ1) is 19.0. The lowest BCUT2D eigenvalue weighted by molar-refractivity contribution is -0.138. The summed E-state index contributed by atoms with van der Waals surface area (Å²) in [4.78, 5) is 17.1. The van der Waals surface area contributed by atoms with Gasteiger partial charge in [0.2, 0.25) is 5.88 Å². The molecule has 1 fully saturated rings. The van der Waals surface area contributed by atoms with Crippen LogP contribution in [-0.4, -0.2) is 35.0 Å². The van der Waals surface area contributed by atoms with Gasteiger partial charge in [0.1, 0.15) is 6.10 Å². The van der Waals surface area contributed by atoms with Gasteiger partial charge in [0, 0.05) is 17.8 Å². The standard InChI is InChI=1S/C17H12F6N2O2/c18-16(19,20)11-3-1-2-10(6-11)15(26)25-8-13(9-25)27-14-5-4-12(7-24-14)17(21,22)23/h1-7,13H,8-9H2. The maximum absolute atomic E-state index is 12.7. The lowest BCUT2D eigenvalue weighted by Crippen LogP contribution is -2.56. The van der Waals surface area contributed by atoms with E-state index in [0.717, 1.165) is 30.3 Å². The number of carbonyl (C=O) groups is 1. The van der Waals surface area contributed by atoms with E-state index in [4.69, 9.17) is 4.74 Å². The molecule has 27 heavy (non-hydrogen) atoms. The predicted octanol–water partition coefficient (Wildman–Crippen LogP) is 4.02. The fourth-order valence-electron chi connectivity index (χ4n) is 2.48. The molecule has 1 amide bonds. The summed E-state index contributed by atoms with van der Waals surface area (Å²) in [6.07, 6.45) is -8.91. The van der Waals surface area contributed by atoms with Crippen LogP contribution in [-0.2, 0) is 12.4 Å². The summed E-state index contributed by atoms with van der Waals surface area (Å²) < 4.78 is 80.9. The zero-order valence-electron chi connectivity index (χ0n) is 13.5. The van der Waals surface area contributed by atoms with Crippen LogP contribution in [0.4, 0.5) is 26.3 Å². The second-order valence-electron chi connectivity index (χ2n) is 5.91. The highest BCUT2D eigenvalue weighted by atomic mass is 19.4. The van der Waals surface area contributed by atoms with Crippen molar-refractivity contribution in [2.75, 3.05) is 13.1 Å². The molecule has 10 heteroatoms. The first-order valence-corrected chi connectivity index (χ1v) is 7.70. The third-order valence-electron chi connectivity index (χ3n) is 3.92. The van der Waals surface area contributed by atoms with Crippen LogP contribution in [0.3, 0.4) is 0 Å². The zero-order valence-corrected chi connectivity index (χ0v) is 13.5. The van der Waals surface area contributed by atoms with E-state index in [-0.39, 0.29) is 24.5 Å². The maximum Gasteiger partial charge on any atom is 0.417 e. The number of ether oxygens (including phenoxy) is 1. The van der Waals surface area contributed by atoms with E-state index in [1.54, 1.807) is 0 Å². The SMILES string of the molecule is O=C(c1cccc(C(F)(F)F)c1)N1CC(Oc2ccc(C(F)(F)F)cn2)C1. The summed E-state index contributed by atoms with van der Waals surface area (Å²) in [5.41, 5.74) is -1.93. The van der Waals surface area contributed by atoms with Crippen molar-refractivity contribution in [3.8, 4) is 5.88 Å². The van der Waals surface area contributed by atoms with Gasteiger partial charge in [0.15, 0.2) is 0 Å². The number of halogens is 6. The molecule has 0 atom stereocenters. The number of likely N-dealkylation sites (tertiary alicyclic amines) is 1. The topological polar surface area (TPSA) is 42.4 Å². The Morgan fingerprint density at radius 1 is 1.00 bits per heavy atom. The molecule has 1 aromatic heterocycles. The number of pyridine rings is 1. The van der Waals surface area contributed by atoms with Crippen molar-refractivity contribution in [3.05, 3.63) is 59.3 Å². The summed E-state index contributed by atoms with van der Waals surface area (Å²) in [5.74, 6) is -0.611. The summed E-state index contributed by atoms with van der Waals surface area (Å²) in [6.45, 7) is 0.190. The molecule has 0 spiro atoms. The number of carbonyl (C=O) groups excluding carboxylic acids is 1. The summed E-state index contributed by atoms with van der Waals surface area (Å²) in [5, 5.41) is 0. The van der Waals surface area contributed by atoms with Gasteiger partial charge in [-0.15, -0.1) is 0 Å². The highest BCUT2D eigenvalue weighted by molar-refractivity contribution is 5.95. The first-order chi connectivity index (χ1) is 12.5. The Hall–Kier alpha value is -2.78. The summed E-state index contributed by atoms with van der Waals surface area (Å²) >= 11 is 0. The molecule has 0 aliphatic carbocycles. The Morgan fingerprint density at radius 2 is 1.67 bits per heavy atom. The highest BCUT2D eigenvalue weighted by Crippen LogP contribution is 2.31. The normalized spacial score (nSPS) is 15.4. The van der Waals surface area contributed by atoms with Gasteiger partial charge in [-0.25, -0.2) is 4.98 Å². The van der Waals surface area contributed by atoms with Crippen LogP contribution in [0.1, 0.15) is 21.5 Å². The molecule has 1 aliphatic rings. The van der Waals surface area contributed by atoms with Crippen molar-refractivity contribution < 1.29 is 35.9 Å². The molecule has 1 saturated heterocycles. The number of alkyl halides is 6. The van der Waals surface area contributed by atoms with Gasteiger partial charge in [-0.05, 0) is 24.3 Å². The van der Waals surface area contributed by atoms with Gasteiger partial charge in [0.05, 0.1) is 24.2 Å². The quantitative estimate of drug-likeness (QED) is 0.744. The lowest BCUT2D eigenvalue weighted by atomic mass is 10.1. The number of benzene rings is 1. The van der Waals surface area contributed by atoms with E-state index in [1.807, 2.05) is 0 Å². The number of aromatic nitrogens is 1. The van der Waals surface area contributed by atoms with Crippen LogP contribution < -0.4 is 4.74 Å². The number of rotatable bonds is 3. The molecule has 4 nitrogen and oxygen atoms in total. The predicted molar refractivity (Wildman–Crippen MR) is 81.0 cm³/mol. The minimum atomic E-state index is -4.55. The second-order valence-corrected chi connectivity index (χ2v) is 5.91. The average molecular weight is 390 g/mol. The molecule has 0 bridgehead atoms. The molecule has 0 radical (unpaired) electrons. The molecule has 144 valence electrons. The molecule has 1 aromatic carbocycles. The van der Waals surface area contributed by atoms with Crippen molar-refractivity contribution in [2.45, 2.75) is 18.5 Å². The van der Waals surface area contributed by atoms with Crippen LogP contribution in [0, 0.1) is 0 Å². The Labute approximate surface area is 149 Å². The largest absolute Gasteiger partial charge is 0.471 e. The average Bonchev–Trinajstić information content (AvgIpc) is 2.56. The van der Waals surface area contributed by atoms with Crippen molar-refractivity contribution in [3.63, 3.8) is 0 Å². The third-order valence-corrected chi connectivity index (χ3v) is 3.92. The molecule has 2 heterocycles. The van der Waals surface area contributed by atoms with E-state index in [1.165, 1.54) is 11.0 Å². The summed E-state index contributed by atoms with van der Waals surface area (Å²) in [6, 6.07) is 5.97. The van der Waals surface area contributed by atoms with Crippen LogP contribution in [0.25, 0.3) is 0 Å². The van der Waals surface area contributed by atoms with Crippen molar-refractivity contribution >= 4 is 5.91 Å². The van der Waals surface area contributed by atoms with Crippen LogP contribution in [0.5, 0.6) is 5.88 Å². The molecule has 3 rings (SSSR count). The monoisotopic (exact) mass is 390 g/mol. The molecule has 0 unspecified atom stereocenters. The van der Waals surface area contributed by atoms with E-state index in [9.17, 15) is 31.1 Å². The minimum absolute atomic E-state index is 0.0285. The zero-order chi connectivity index (χ0) is 19.8. The van der Waals surface area contributed by atoms with E-state index in [0.29, 0.717) is 6.20 Å². The number of amides is 1. The Bertz CT molecular complexity index is 827. The van der Waals surface area contributed by atoms with Gasteiger partial charge < -0.3 is 9.64 Å². The third kappa shape index (κ3) is 4.32. The number of nitrogens with zero attached hydrogens (tertiary/aromatic N) is 2. The van der Waals surface area contributed by atoms with Gasteiger partial charge in [0.25, 0.3) is 5.91 Å². The molecule has 0 saturated carbocycles. The number of hydrogen-bond donors (Lipinski definition) is 0. The fraction of sp³-hybridized carbons (Fsp3) is 0.294. The summed E-state index contributed by atoms with van der Waals surface area (Å²) in [7, 11) is 0. The minimum Gasteiger partial charge on any atom is -0.471 e. The van der Waals surface area contributed by atoms with Crippen molar-refractivity contribution in [1.82, 2.24) is 9.88 Å². The van der Waals surface area contributed by atoms with Gasteiger partial charge in [-0.1, -0.05) is 6.07 Å². The van der Waals surface area contributed by atoms with E-state index in [2.05, 4.69) is 4.98 Å². The number of hydrogen-bond acceptors (Lipinski definition) is 3. The van der Waals surface area contributed by atoms with E-state index < -0.39 is 35.5 Å². The molecule has 2 aromatic rings. The van der Waals surface area contributed by atoms with Gasteiger partial charge >= 0.3 is 12.4 Å². The van der Waals surface area contributed by atoms with Crippen LogP contribution in [0.15, 0.2) is 42.6 Å². The first-order valence-electron chi connectivity index (χ1n) is 7.70. The van der Waals surface area contributed by atoms with Gasteiger partial charge in [-0.3, -0.25) is 4.79 Å². The smallest absolute Gasteiger partial charge is 0.417 e. The highest BCUT2D eigenvalue weighted by Gasteiger charge is 2.36. The van der Waals surface area contributed by atoms with Crippen molar-refractivity contribution in [1.29, 1.82) is 0 Å². The lowest BCUT2D eigenvalue weighted by Gasteiger charge is -2.38. The molecular formula is C17H12F6N2O2. The molecule has 0 N–H and O–H groups in total. The Balaban J connectivity index is 1.57. The fourth-order valence-corrected chi connectivity index (χ4v) is 2.48. The Morgan fingerprint density at radius 3 is 2.22 bits per heavy atom. The second kappa shape index (κ2) is 6.75. The van der Waals surface area contributed by atoms with Gasteiger partial charge in [-0.2, -0.15) is 26.3 Å². The Kier molecular flexibility index (Phi) is 4.75. The van der Waals surface area contributed by atoms with Crippen molar-refractivity contribution in [2.24, 2.45) is 0 Å². The maximum atomic E-state index is 12.7.